The van der Waals surface area contributed by atoms with Crippen LogP contribution in [0.4, 0.5) is 0 Å². The first-order valence-electron chi connectivity index (χ1n) is 9.71. The Balaban J connectivity index is 1.80. The van der Waals surface area contributed by atoms with E-state index in [1.54, 1.807) is 6.92 Å². The maximum Gasteiger partial charge on any atom is 0.260 e. The van der Waals surface area contributed by atoms with Gasteiger partial charge in [-0.25, -0.2) is 0 Å². The number of carbonyl (C=O) groups is 2. The highest BCUT2D eigenvalue weighted by Crippen LogP contribution is 2.25. The minimum absolute atomic E-state index is 0.124. The van der Waals surface area contributed by atoms with Gasteiger partial charge in [0.2, 0.25) is 5.91 Å². The Bertz CT molecular complexity index is 622. The summed E-state index contributed by atoms with van der Waals surface area (Å²) in [5.74, 6) is 1.08. The third kappa shape index (κ3) is 5.75. The van der Waals surface area contributed by atoms with E-state index < -0.39 is 6.10 Å². The van der Waals surface area contributed by atoms with Crippen molar-refractivity contribution in [2.75, 3.05) is 19.6 Å². The van der Waals surface area contributed by atoms with E-state index in [-0.39, 0.29) is 11.8 Å². The molecule has 2 amide bonds. The summed E-state index contributed by atoms with van der Waals surface area (Å²) in [6.07, 6.45) is 3.11. The van der Waals surface area contributed by atoms with Gasteiger partial charge in [0.05, 0.1) is 0 Å². The molecule has 1 aliphatic heterocycles. The first-order chi connectivity index (χ1) is 12.4. The molecule has 0 radical (unpaired) electrons. The molecule has 2 rings (SSSR count). The molecule has 5 nitrogen and oxygen atoms in total. The van der Waals surface area contributed by atoms with Crippen LogP contribution in [-0.4, -0.2) is 42.5 Å². The minimum Gasteiger partial charge on any atom is -0.481 e. The van der Waals surface area contributed by atoms with E-state index in [2.05, 4.69) is 25.2 Å². The largest absolute Gasteiger partial charge is 0.481 e. The number of nitrogens with zero attached hydrogens (tertiary/aromatic N) is 1. The van der Waals surface area contributed by atoms with Gasteiger partial charge in [-0.2, -0.15) is 0 Å². The second-order valence-corrected chi connectivity index (χ2v) is 7.42. The van der Waals surface area contributed by atoms with Gasteiger partial charge in [-0.05, 0) is 56.2 Å². The minimum atomic E-state index is -0.596. The zero-order valence-corrected chi connectivity index (χ0v) is 16.5. The van der Waals surface area contributed by atoms with E-state index in [0.717, 1.165) is 37.2 Å². The summed E-state index contributed by atoms with van der Waals surface area (Å²) in [4.78, 5) is 26.3. The SMILES string of the molecule is Cc1ccc(C(C)C)cc1OC(C)C(=O)NCCC(=O)N1CCCCC1. The van der Waals surface area contributed by atoms with Crippen LogP contribution in [0, 0.1) is 6.92 Å². The second kappa shape index (κ2) is 9.60. The molecule has 1 heterocycles. The molecule has 0 spiro atoms. The van der Waals surface area contributed by atoms with Gasteiger partial charge < -0.3 is 15.0 Å². The molecular weight excluding hydrogens is 328 g/mol. The molecule has 0 aliphatic carbocycles. The van der Waals surface area contributed by atoms with Crippen LogP contribution in [0.5, 0.6) is 5.75 Å². The van der Waals surface area contributed by atoms with Gasteiger partial charge in [0.15, 0.2) is 6.10 Å². The molecule has 1 aromatic carbocycles. The fraction of sp³-hybridized carbons (Fsp3) is 0.619. The number of rotatable bonds is 7. The van der Waals surface area contributed by atoms with Crippen molar-refractivity contribution in [3.8, 4) is 5.75 Å². The van der Waals surface area contributed by atoms with Crippen LogP contribution in [0.1, 0.15) is 63.5 Å². The standard InChI is InChI=1S/C21H32N2O3/c1-15(2)18-9-8-16(3)19(14-18)26-17(4)21(25)22-11-10-20(24)23-12-6-5-7-13-23/h8-9,14-15,17H,5-7,10-13H2,1-4H3,(H,22,25). The van der Waals surface area contributed by atoms with Gasteiger partial charge in [0.25, 0.3) is 5.91 Å². The molecule has 0 saturated carbocycles. The average Bonchev–Trinajstić information content (AvgIpc) is 2.63. The molecule has 1 saturated heterocycles. The van der Waals surface area contributed by atoms with Crippen LogP contribution in [0.25, 0.3) is 0 Å². The molecule has 1 unspecified atom stereocenters. The summed E-state index contributed by atoms with van der Waals surface area (Å²) in [6, 6.07) is 6.11. The Morgan fingerprint density at radius 2 is 1.85 bits per heavy atom. The number of carbonyl (C=O) groups excluding carboxylic acids is 2. The second-order valence-electron chi connectivity index (χ2n) is 7.42. The fourth-order valence-electron chi connectivity index (χ4n) is 3.08. The van der Waals surface area contributed by atoms with Crippen LogP contribution in [0.2, 0.25) is 0 Å². The third-order valence-corrected chi connectivity index (χ3v) is 4.90. The van der Waals surface area contributed by atoms with Crippen molar-refractivity contribution in [1.29, 1.82) is 0 Å². The van der Waals surface area contributed by atoms with Gasteiger partial charge >= 0.3 is 0 Å². The Morgan fingerprint density at radius 1 is 1.15 bits per heavy atom. The zero-order chi connectivity index (χ0) is 19.1. The lowest BCUT2D eigenvalue weighted by Gasteiger charge is -2.26. The van der Waals surface area contributed by atoms with Gasteiger partial charge in [-0.1, -0.05) is 26.0 Å². The van der Waals surface area contributed by atoms with Crippen molar-refractivity contribution in [2.24, 2.45) is 0 Å². The highest BCUT2D eigenvalue weighted by Gasteiger charge is 2.19. The van der Waals surface area contributed by atoms with E-state index in [0.29, 0.717) is 18.9 Å². The van der Waals surface area contributed by atoms with E-state index >= 15 is 0 Å². The van der Waals surface area contributed by atoms with Gasteiger partial charge in [0, 0.05) is 26.1 Å². The number of hydrogen-bond acceptors (Lipinski definition) is 3. The maximum absolute atomic E-state index is 12.3. The number of piperidine rings is 1. The zero-order valence-electron chi connectivity index (χ0n) is 16.5. The molecule has 144 valence electrons. The van der Waals surface area contributed by atoms with Crippen LogP contribution in [0.3, 0.4) is 0 Å². The number of benzene rings is 1. The molecule has 1 aromatic rings. The predicted molar refractivity (Wildman–Crippen MR) is 103 cm³/mol. The number of hydrogen-bond donors (Lipinski definition) is 1. The van der Waals surface area contributed by atoms with Gasteiger partial charge in [-0.15, -0.1) is 0 Å². The van der Waals surface area contributed by atoms with E-state index in [1.807, 2.05) is 24.0 Å². The van der Waals surface area contributed by atoms with Gasteiger partial charge in [-0.3, -0.25) is 9.59 Å². The molecule has 1 fully saturated rings. The van der Waals surface area contributed by atoms with Crippen LogP contribution in [-0.2, 0) is 9.59 Å². The normalized spacial score (nSPS) is 15.7. The summed E-state index contributed by atoms with van der Waals surface area (Å²) in [5.41, 5.74) is 2.19. The summed E-state index contributed by atoms with van der Waals surface area (Å²) in [5, 5.41) is 2.82. The Hall–Kier alpha value is -2.04. The van der Waals surface area contributed by atoms with Crippen LogP contribution < -0.4 is 10.1 Å². The predicted octanol–water partition coefficient (Wildman–Crippen LogP) is 3.40. The van der Waals surface area contributed by atoms with Crippen molar-refractivity contribution in [3.05, 3.63) is 29.3 Å². The molecule has 1 atom stereocenters. The number of amides is 2. The average molecular weight is 360 g/mol. The van der Waals surface area contributed by atoms with Crippen molar-refractivity contribution < 1.29 is 14.3 Å². The fourth-order valence-corrected chi connectivity index (χ4v) is 3.08. The first-order valence-corrected chi connectivity index (χ1v) is 9.71. The number of aryl methyl sites for hydroxylation is 1. The molecule has 5 heteroatoms. The lowest BCUT2D eigenvalue weighted by Crippen LogP contribution is -2.40. The quantitative estimate of drug-likeness (QED) is 0.811. The number of nitrogens with one attached hydrogen (secondary N) is 1. The Kier molecular flexibility index (Phi) is 7.49. The number of ether oxygens (including phenoxy) is 1. The van der Waals surface area contributed by atoms with E-state index in [4.69, 9.17) is 4.74 Å². The van der Waals surface area contributed by atoms with Crippen molar-refractivity contribution in [3.63, 3.8) is 0 Å². The highest BCUT2D eigenvalue weighted by molar-refractivity contribution is 5.82. The molecule has 26 heavy (non-hydrogen) atoms. The van der Waals surface area contributed by atoms with E-state index in [9.17, 15) is 9.59 Å². The summed E-state index contributed by atoms with van der Waals surface area (Å²) < 4.78 is 5.86. The van der Waals surface area contributed by atoms with Crippen LogP contribution >= 0.6 is 0 Å². The molecule has 1 N–H and O–H groups in total. The smallest absolute Gasteiger partial charge is 0.260 e. The Morgan fingerprint density at radius 3 is 2.50 bits per heavy atom. The van der Waals surface area contributed by atoms with Crippen molar-refractivity contribution in [2.45, 2.75) is 65.4 Å². The molecular formula is C21H32N2O3. The lowest BCUT2D eigenvalue weighted by molar-refractivity contribution is -0.132. The lowest BCUT2D eigenvalue weighted by atomic mass is 10.0. The third-order valence-electron chi connectivity index (χ3n) is 4.90. The summed E-state index contributed by atoms with van der Waals surface area (Å²) >= 11 is 0. The monoisotopic (exact) mass is 360 g/mol. The molecule has 1 aliphatic rings. The first kappa shape index (κ1) is 20.3. The summed E-state index contributed by atoms with van der Waals surface area (Å²) in [7, 11) is 0. The van der Waals surface area contributed by atoms with Crippen molar-refractivity contribution in [1.82, 2.24) is 10.2 Å². The maximum atomic E-state index is 12.3. The van der Waals surface area contributed by atoms with Gasteiger partial charge in [0.1, 0.15) is 5.75 Å². The number of likely N-dealkylation sites (tertiary alicyclic amines) is 1. The Labute approximate surface area is 157 Å². The highest BCUT2D eigenvalue weighted by atomic mass is 16.5. The molecule has 0 bridgehead atoms. The molecule has 0 aromatic heterocycles. The van der Waals surface area contributed by atoms with E-state index in [1.165, 1.54) is 12.0 Å². The van der Waals surface area contributed by atoms with Crippen molar-refractivity contribution >= 4 is 11.8 Å². The van der Waals surface area contributed by atoms with Crippen LogP contribution in [0.15, 0.2) is 18.2 Å². The topological polar surface area (TPSA) is 58.6 Å². The summed E-state index contributed by atoms with van der Waals surface area (Å²) in [6.45, 7) is 10.0.